The van der Waals surface area contributed by atoms with E-state index in [1.807, 2.05) is 0 Å². The zero-order valence-corrected chi connectivity index (χ0v) is 11.0. The second kappa shape index (κ2) is 6.22. The molecule has 0 aromatic heterocycles. The van der Waals surface area contributed by atoms with E-state index in [1.165, 1.54) is 38.5 Å². The lowest BCUT2D eigenvalue weighted by molar-refractivity contribution is -0.111. The van der Waals surface area contributed by atoms with Crippen LogP contribution in [-0.4, -0.2) is 6.29 Å². The van der Waals surface area contributed by atoms with Crippen molar-refractivity contribution in [2.24, 2.45) is 17.3 Å². The summed E-state index contributed by atoms with van der Waals surface area (Å²) in [5.74, 6) is 0.754. The second-order valence-corrected chi connectivity index (χ2v) is 5.87. The van der Waals surface area contributed by atoms with Gasteiger partial charge >= 0.3 is 0 Å². The fourth-order valence-electron chi connectivity index (χ4n) is 2.69. The van der Waals surface area contributed by atoms with E-state index in [1.54, 1.807) is 0 Å². The summed E-state index contributed by atoms with van der Waals surface area (Å²) in [6.45, 7) is 6.77. The van der Waals surface area contributed by atoms with Crippen LogP contribution in [0.5, 0.6) is 0 Å². The lowest BCUT2D eigenvalue weighted by atomic mass is 9.71. The van der Waals surface area contributed by atoms with Crippen LogP contribution < -0.4 is 0 Å². The van der Waals surface area contributed by atoms with E-state index < -0.39 is 0 Å². The molecule has 0 amide bonds. The monoisotopic (exact) mass is 222 g/mol. The summed E-state index contributed by atoms with van der Waals surface area (Å²) >= 11 is 0. The van der Waals surface area contributed by atoms with Crippen molar-refractivity contribution in [1.82, 2.24) is 0 Å². The molecule has 0 aliphatic heterocycles. The molecule has 0 aromatic rings. The molecular formula is C15H26O. The molecule has 2 unspecified atom stereocenters. The molecule has 1 aliphatic rings. The van der Waals surface area contributed by atoms with Gasteiger partial charge in [0.25, 0.3) is 0 Å². The molecule has 16 heavy (non-hydrogen) atoms. The maximum Gasteiger partial charge on any atom is 0.127 e. The number of aldehydes is 1. The fourth-order valence-corrected chi connectivity index (χ4v) is 2.69. The summed E-state index contributed by atoms with van der Waals surface area (Å²) in [7, 11) is 0. The minimum atomic E-state index is 0.176. The Kier molecular flexibility index (Phi) is 5.24. The number of unbranched alkanes of at least 4 members (excludes halogenated alkanes) is 3. The lowest BCUT2D eigenvalue weighted by Gasteiger charge is -2.34. The van der Waals surface area contributed by atoms with Crippen LogP contribution in [0.4, 0.5) is 0 Å². The molecule has 0 N–H and O–H groups in total. The SMILES string of the molecule is CCCCCCC1CC(C)(C)C=CC1C=O. The van der Waals surface area contributed by atoms with E-state index in [4.69, 9.17) is 0 Å². The fraction of sp³-hybridized carbons (Fsp3) is 0.800. The highest BCUT2D eigenvalue weighted by Crippen LogP contribution is 2.38. The predicted molar refractivity (Wildman–Crippen MR) is 69.3 cm³/mol. The number of carbonyl (C=O) groups excluding carboxylic acids is 1. The Balaban J connectivity index is 2.43. The first kappa shape index (κ1) is 13.5. The first-order chi connectivity index (χ1) is 7.59. The van der Waals surface area contributed by atoms with Crippen molar-refractivity contribution in [1.29, 1.82) is 0 Å². The van der Waals surface area contributed by atoms with Gasteiger partial charge < -0.3 is 4.79 Å². The standard InChI is InChI=1S/C15H26O/c1-4-5-6-7-8-13-11-15(2,3)10-9-14(13)12-16/h9-10,12-14H,4-8,11H2,1-3H3. The largest absolute Gasteiger partial charge is 0.303 e. The van der Waals surface area contributed by atoms with Crippen LogP contribution >= 0.6 is 0 Å². The smallest absolute Gasteiger partial charge is 0.127 e. The van der Waals surface area contributed by atoms with Gasteiger partial charge in [-0.25, -0.2) is 0 Å². The van der Waals surface area contributed by atoms with Gasteiger partial charge in [-0.05, 0) is 24.2 Å². The maximum absolute atomic E-state index is 11.0. The highest BCUT2D eigenvalue weighted by molar-refractivity contribution is 5.57. The third kappa shape index (κ3) is 4.11. The summed E-state index contributed by atoms with van der Waals surface area (Å²) in [4.78, 5) is 11.0. The summed E-state index contributed by atoms with van der Waals surface area (Å²) in [6, 6.07) is 0. The van der Waals surface area contributed by atoms with Crippen LogP contribution in [0.2, 0.25) is 0 Å². The summed E-state index contributed by atoms with van der Waals surface area (Å²) in [5.41, 5.74) is 0.287. The maximum atomic E-state index is 11.0. The molecule has 0 saturated heterocycles. The molecule has 1 aliphatic carbocycles. The van der Waals surface area contributed by atoms with Gasteiger partial charge in [-0.15, -0.1) is 0 Å². The number of carbonyl (C=O) groups is 1. The van der Waals surface area contributed by atoms with E-state index >= 15 is 0 Å². The second-order valence-electron chi connectivity index (χ2n) is 5.87. The number of rotatable bonds is 6. The van der Waals surface area contributed by atoms with E-state index in [0.717, 1.165) is 6.29 Å². The topological polar surface area (TPSA) is 17.1 Å². The van der Waals surface area contributed by atoms with Crippen LogP contribution in [0.25, 0.3) is 0 Å². The molecular weight excluding hydrogens is 196 g/mol. The summed E-state index contributed by atoms with van der Waals surface area (Å²) < 4.78 is 0. The predicted octanol–water partition coefficient (Wildman–Crippen LogP) is 4.37. The Morgan fingerprint density at radius 3 is 2.69 bits per heavy atom. The highest BCUT2D eigenvalue weighted by Gasteiger charge is 2.29. The van der Waals surface area contributed by atoms with Crippen LogP contribution in [0, 0.1) is 17.3 Å². The molecule has 1 heteroatoms. The molecule has 92 valence electrons. The molecule has 0 aromatic carbocycles. The minimum absolute atomic E-state index is 0.176. The Labute approximate surface area is 100 Å². The van der Waals surface area contributed by atoms with E-state index in [2.05, 4.69) is 32.9 Å². The van der Waals surface area contributed by atoms with Crippen molar-refractivity contribution in [2.45, 2.75) is 59.3 Å². The lowest BCUT2D eigenvalue weighted by Crippen LogP contribution is -2.26. The van der Waals surface area contributed by atoms with Crippen molar-refractivity contribution in [2.75, 3.05) is 0 Å². The molecule has 0 bridgehead atoms. The van der Waals surface area contributed by atoms with Crippen molar-refractivity contribution in [3.8, 4) is 0 Å². The normalized spacial score (nSPS) is 27.9. The Morgan fingerprint density at radius 2 is 2.06 bits per heavy atom. The van der Waals surface area contributed by atoms with Gasteiger partial charge in [0.2, 0.25) is 0 Å². The number of allylic oxidation sites excluding steroid dienone is 2. The minimum Gasteiger partial charge on any atom is -0.303 e. The third-order valence-corrected chi connectivity index (χ3v) is 3.69. The van der Waals surface area contributed by atoms with E-state index in [9.17, 15) is 4.79 Å². The van der Waals surface area contributed by atoms with Gasteiger partial charge in [-0.2, -0.15) is 0 Å². The van der Waals surface area contributed by atoms with Crippen LogP contribution in [-0.2, 0) is 4.79 Å². The third-order valence-electron chi connectivity index (χ3n) is 3.69. The van der Waals surface area contributed by atoms with Crippen molar-refractivity contribution >= 4 is 6.29 Å². The summed E-state index contributed by atoms with van der Waals surface area (Å²) in [5, 5.41) is 0. The van der Waals surface area contributed by atoms with Gasteiger partial charge in [-0.1, -0.05) is 58.6 Å². The molecule has 1 rings (SSSR count). The number of hydrogen-bond acceptors (Lipinski definition) is 1. The Hall–Kier alpha value is -0.590. The quantitative estimate of drug-likeness (QED) is 0.370. The van der Waals surface area contributed by atoms with Gasteiger partial charge in [0.15, 0.2) is 0 Å². The van der Waals surface area contributed by atoms with Gasteiger partial charge in [0.05, 0.1) is 0 Å². The van der Waals surface area contributed by atoms with Crippen LogP contribution in [0.3, 0.4) is 0 Å². The molecule has 0 saturated carbocycles. The van der Waals surface area contributed by atoms with Crippen LogP contribution in [0.1, 0.15) is 59.3 Å². The summed E-state index contributed by atoms with van der Waals surface area (Å²) in [6.07, 6.45) is 13.1. The molecule has 0 heterocycles. The van der Waals surface area contributed by atoms with Crippen molar-refractivity contribution < 1.29 is 4.79 Å². The van der Waals surface area contributed by atoms with Crippen molar-refractivity contribution in [3.63, 3.8) is 0 Å². The molecule has 0 radical (unpaired) electrons. The average molecular weight is 222 g/mol. The zero-order valence-electron chi connectivity index (χ0n) is 11.0. The molecule has 0 spiro atoms. The average Bonchev–Trinajstić information content (AvgIpc) is 2.24. The van der Waals surface area contributed by atoms with E-state index in [-0.39, 0.29) is 11.3 Å². The molecule has 1 nitrogen and oxygen atoms in total. The number of hydrogen-bond donors (Lipinski definition) is 0. The Bertz CT molecular complexity index is 240. The Morgan fingerprint density at radius 1 is 1.31 bits per heavy atom. The van der Waals surface area contributed by atoms with Gasteiger partial charge in [-0.3, -0.25) is 0 Å². The van der Waals surface area contributed by atoms with Crippen molar-refractivity contribution in [3.05, 3.63) is 12.2 Å². The first-order valence-corrected chi connectivity index (χ1v) is 6.73. The van der Waals surface area contributed by atoms with Gasteiger partial charge in [0.1, 0.15) is 6.29 Å². The molecule has 0 fully saturated rings. The van der Waals surface area contributed by atoms with Gasteiger partial charge in [0, 0.05) is 5.92 Å². The zero-order chi connectivity index (χ0) is 12.0. The first-order valence-electron chi connectivity index (χ1n) is 6.73. The molecule has 2 atom stereocenters. The highest BCUT2D eigenvalue weighted by atomic mass is 16.1. The van der Waals surface area contributed by atoms with E-state index in [0.29, 0.717) is 5.92 Å². The van der Waals surface area contributed by atoms with Crippen LogP contribution in [0.15, 0.2) is 12.2 Å².